The van der Waals surface area contributed by atoms with E-state index >= 15 is 0 Å². The summed E-state index contributed by atoms with van der Waals surface area (Å²) in [5, 5.41) is 0. The van der Waals surface area contributed by atoms with Crippen LogP contribution in [0.3, 0.4) is 0 Å². The number of aryl methyl sites for hydroxylation is 3. The fourth-order valence-electron chi connectivity index (χ4n) is 0.672. The first kappa shape index (κ1) is 10.0. The molecular weight excluding hydrogens is 186 g/mol. The Kier molecular flexibility index (Phi) is 4.46. The van der Waals surface area contributed by atoms with E-state index in [2.05, 4.69) is 9.97 Å². The summed E-state index contributed by atoms with van der Waals surface area (Å²) in [5.74, 6) is 0.875. The minimum atomic E-state index is 0. The molecule has 1 heterocycles. The maximum absolute atomic E-state index is 4.10. The minimum absolute atomic E-state index is 0. The SMILES string of the molecule is Cc1nc(C)c(C)[n-]1.[Rb+]. The first-order chi connectivity index (χ1) is 3.70. The Hall–Kier alpha value is 1.02. The molecule has 0 amide bonds. The molecule has 0 aromatic carbocycles. The quantitative estimate of drug-likeness (QED) is 0.476. The van der Waals surface area contributed by atoms with Gasteiger partial charge in [0.1, 0.15) is 0 Å². The van der Waals surface area contributed by atoms with E-state index in [1.807, 2.05) is 20.8 Å². The van der Waals surface area contributed by atoms with E-state index in [9.17, 15) is 0 Å². The maximum Gasteiger partial charge on any atom is 1.00 e. The summed E-state index contributed by atoms with van der Waals surface area (Å²) in [5.41, 5.74) is 2.09. The van der Waals surface area contributed by atoms with Crippen LogP contribution in [0.5, 0.6) is 0 Å². The van der Waals surface area contributed by atoms with E-state index in [0.29, 0.717) is 0 Å². The van der Waals surface area contributed by atoms with E-state index in [1.165, 1.54) is 0 Å². The van der Waals surface area contributed by atoms with Gasteiger partial charge in [0.2, 0.25) is 0 Å². The molecule has 0 saturated carbocycles. The van der Waals surface area contributed by atoms with E-state index < -0.39 is 0 Å². The van der Waals surface area contributed by atoms with Crippen molar-refractivity contribution in [1.29, 1.82) is 0 Å². The fourth-order valence-corrected chi connectivity index (χ4v) is 0.672. The number of aromatic nitrogens is 2. The van der Waals surface area contributed by atoms with Crippen LogP contribution in [0.25, 0.3) is 0 Å². The first-order valence-corrected chi connectivity index (χ1v) is 2.64. The topological polar surface area (TPSA) is 27.0 Å². The Labute approximate surface area is 104 Å². The van der Waals surface area contributed by atoms with E-state index in [0.717, 1.165) is 17.2 Å². The van der Waals surface area contributed by atoms with Crippen molar-refractivity contribution in [1.82, 2.24) is 9.97 Å². The summed E-state index contributed by atoms with van der Waals surface area (Å²) in [6, 6.07) is 0. The van der Waals surface area contributed by atoms with Gasteiger partial charge in [-0.25, -0.2) is 0 Å². The number of imidazole rings is 1. The largest absolute Gasteiger partial charge is 1.00 e. The van der Waals surface area contributed by atoms with Gasteiger partial charge in [-0.2, -0.15) is 0 Å². The maximum atomic E-state index is 4.10. The van der Waals surface area contributed by atoms with Gasteiger partial charge in [0, 0.05) is 0 Å². The van der Waals surface area contributed by atoms with Gasteiger partial charge in [-0.05, 0) is 20.8 Å². The van der Waals surface area contributed by atoms with Gasteiger partial charge in [-0.1, -0.05) is 17.2 Å². The summed E-state index contributed by atoms with van der Waals surface area (Å²) in [4.78, 5) is 8.20. The van der Waals surface area contributed by atoms with E-state index in [1.54, 1.807) is 0 Å². The van der Waals surface area contributed by atoms with E-state index in [4.69, 9.17) is 0 Å². The molecule has 1 aromatic rings. The standard InChI is InChI=1S/C6H9N2.Rb/c1-4-5(2)8-6(3)7-4;/h1-3H3;/q-1;+1. The minimum Gasteiger partial charge on any atom is -0.444 e. The van der Waals surface area contributed by atoms with Gasteiger partial charge in [0.15, 0.2) is 0 Å². The van der Waals surface area contributed by atoms with Crippen LogP contribution in [-0.4, -0.2) is 4.98 Å². The van der Waals surface area contributed by atoms with Gasteiger partial charge in [0.05, 0.1) is 0 Å². The molecule has 1 rings (SSSR count). The van der Waals surface area contributed by atoms with E-state index in [-0.39, 0.29) is 58.2 Å². The van der Waals surface area contributed by atoms with Crippen LogP contribution in [0.2, 0.25) is 0 Å². The Morgan fingerprint density at radius 2 is 1.78 bits per heavy atom. The molecule has 0 saturated heterocycles. The normalized spacial score (nSPS) is 8.78. The first-order valence-electron chi connectivity index (χ1n) is 2.64. The number of hydrogen-bond donors (Lipinski definition) is 0. The summed E-state index contributed by atoms with van der Waals surface area (Å²) in [6.45, 7) is 5.84. The molecule has 0 fully saturated rings. The van der Waals surface area contributed by atoms with Crippen LogP contribution in [0.4, 0.5) is 0 Å². The second-order valence-electron chi connectivity index (χ2n) is 1.94. The summed E-state index contributed by atoms with van der Waals surface area (Å²) < 4.78 is 0. The third kappa shape index (κ3) is 2.62. The third-order valence-electron chi connectivity index (χ3n) is 1.18. The Morgan fingerprint density at radius 1 is 1.22 bits per heavy atom. The Balaban J connectivity index is 0.000000640. The number of hydrogen-bond acceptors (Lipinski definition) is 1. The molecule has 0 bridgehead atoms. The van der Waals surface area contributed by atoms with Crippen molar-refractivity contribution in [3.05, 3.63) is 17.2 Å². The molecule has 0 aliphatic carbocycles. The van der Waals surface area contributed by atoms with Crippen molar-refractivity contribution in [3.63, 3.8) is 0 Å². The van der Waals surface area contributed by atoms with Crippen molar-refractivity contribution in [2.45, 2.75) is 20.8 Å². The molecule has 3 heteroatoms. The van der Waals surface area contributed by atoms with Gasteiger partial charge >= 0.3 is 58.2 Å². The summed E-state index contributed by atoms with van der Waals surface area (Å²) >= 11 is 0. The average molecular weight is 195 g/mol. The molecule has 44 valence electrons. The van der Waals surface area contributed by atoms with Gasteiger partial charge in [-0.15, -0.1) is 0 Å². The van der Waals surface area contributed by atoms with Gasteiger partial charge < -0.3 is 9.97 Å². The van der Waals surface area contributed by atoms with Gasteiger partial charge in [-0.3, -0.25) is 0 Å². The van der Waals surface area contributed by atoms with Crippen LogP contribution in [-0.2, 0) is 0 Å². The zero-order valence-electron chi connectivity index (χ0n) is 6.39. The predicted molar refractivity (Wildman–Crippen MR) is 31.8 cm³/mol. The molecule has 9 heavy (non-hydrogen) atoms. The molecule has 2 nitrogen and oxygen atoms in total. The van der Waals surface area contributed by atoms with Crippen molar-refractivity contribution in [2.24, 2.45) is 0 Å². The van der Waals surface area contributed by atoms with Crippen molar-refractivity contribution >= 4 is 0 Å². The molecule has 0 atom stereocenters. The zero-order valence-corrected chi connectivity index (χ0v) is 11.3. The molecular formula is C6H9N2Rb. The van der Waals surface area contributed by atoms with Gasteiger partial charge in [0.25, 0.3) is 0 Å². The van der Waals surface area contributed by atoms with Crippen molar-refractivity contribution in [2.75, 3.05) is 0 Å². The number of rotatable bonds is 0. The second-order valence-corrected chi connectivity index (χ2v) is 1.94. The monoisotopic (exact) mass is 194 g/mol. The van der Waals surface area contributed by atoms with Crippen molar-refractivity contribution < 1.29 is 58.2 Å². The molecule has 0 aliphatic heterocycles. The summed E-state index contributed by atoms with van der Waals surface area (Å²) in [7, 11) is 0. The second kappa shape index (κ2) is 4.01. The van der Waals surface area contributed by atoms with Crippen LogP contribution in [0.1, 0.15) is 17.2 Å². The molecule has 0 N–H and O–H groups in total. The van der Waals surface area contributed by atoms with Crippen molar-refractivity contribution in [3.8, 4) is 0 Å². The molecule has 0 aliphatic rings. The van der Waals surface area contributed by atoms with Crippen LogP contribution < -0.4 is 63.2 Å². The average Bonchev–Trinajstić information content (AvgIpc) is 1.85. The fraction of sp³-hybridized carbons (Fsp3) is 0.500. The molecule has 0 unspecified atom stereocenters. The smallest absolute Gasteiger partial charge is 0.444 e. The Morgan fingerprint density at radius 3 is 1.89 bits per heavy atom. The van der Waals surface area contributed by atoms with Crippen LogP contribution in [0, 0.1) is 20.8 Å². The third-order valence-corrected chi connectivity index (χ3v) is 1.18. The molecule has 1 aromatic heterocycles. The summed E-state index contributed by atoms with van der Waals surface area (Å²) in [6.07, 6.45) is 0. The Bertz CT molecular complexity index is 173. The predicted octanol–water partition coefficient (Wildman–Crippen LogP) is -2.03. The molecule has 0 spiro atoms. The zero-order chi connectivity index (χ0) is 6.15. The van der Waals surface area contributed by atoms with Crippen LogP contribution in [0.15, 0.2) is 0 Å². The van der Waals surface area contributed by atoms with Crippen LogP contribution >= 0.6 is 0 Å². The molecule has 0 radical (unpaired) electrons. The number of nitrogens with zero attached hydrogens (tertiary/aromatic N) is 2.